The Labute approximate surface area is 92.0 Å². The third kappa shape index (κ3) is 1.87. The molecule has 5 nitrogen and oxygen atoms in total. The second-order valence-electron chi connectivity index (χ2n) is 3.37. The normalized spacial score (nSPS) is 13.1. The SMILES string of the molecule is Cc1cc(-c2nc(C(C)Cl)no2)n(C)n1. The van der Waals surface area contributed by atoms with Gasteiger partial charge < -0.3 is 4.52 Å². The van der Waals surface area contributed by atoms with E-state index in [0.717, 1.165) is 11.4 Å². The van der Waals surface area contributed by atoms with Gasteiger partial charge in [0.15, 0.2) is 5.82 Å². The highest BCUT2D eigenvalue weighted by Gasteiger charge is 2.15. The molecular formula is C9H11ClN4O. The minimum absolute atomic E-state index is 0.253. The molecule has 80 valence electrons. The zero-order valence-electron chi connectivity index (χ0n) is 8.73. The van der Waals surface area contributed by atoms with Crippen LogP contribution in [0.25, 0.3) is 11.6 Å². The minimum atomic E-state index is -0.253. The molecule has 2 heterocycles. The molecule has 0 aliphatic heterocycles. The fourth-order valence-corrected chi connectivity index (χ4v) is 1.40. The maximum absolute atomic E-state index is 5.84. The van der Waals surface area contributed by atoms with Crippen molar-refractivity contribution < 1.29 is 4.52 Å². The number of aromatic nitrogens is 4. The van der Waals surface area contributed by atoms with Crippen LogP contribution in [-0.4, -0.2) is 19.9 Å². The number of hydrogen-bond donors (Lipinski definition) is 0. The number of rotatable bonds is 2. The molecule has 0 bridgehead atoms. The standard InChI is InChI=1S/C9H11ClN4O/c1-5-4-7(14(3)12-5)9-11-8(6(2)10)13-15-9/h4,6H,1-3H3. The molecular weight excluding hydrogens is 216 g/mol. The Morgan fingerprint density at radius 1 is 1.53 bits per heavy atom. The Hall–Kier alpha value is -1.36. The molecule has 0 aliphatic rings. The molecule has 2 aromatic heterocycles. The molecule has 6 heteroatoms. The minimum Gasteiger partial charge on any atom is -0.332 e. The number of alkyl halides is 1. The lowest BCUT2D eigenvalue weighted by Gasteiger charge is -1.93. The van der Waals surface area contributed by atoms with Crippen molar-refractivity contribution in [3.8, 4) is 11.6 Å². The smallest absolute Gasteiger partial charge is 0.276 e. The van der Waals surface area contributed by atoms with Crippen molar-refractivity contribution in [3.63, 3.8) is 0 Å². The summed E-state index contributed by atoms with van der Waals surface area (Å²) in [5.74, 6) is 0.936. The lowest BCUT2D eigenvalue weighted by Crippen LogP contribution is -1.94. The average Bonchev–Trinajstić information content (AvgIpc) is 2.71. The first-order valence-electron chi connectivity index (χ1n) is 4.56. The molecule has 0 fully saturated rings. The van der Waals surface area contributed by atoms with E-state index in [9.17, 15) is 0 Å². The van der Waals surface area contributed by atoms with Crippen molar-refractivity contribution in [1.82, 2.24) is 19.9 Å². The lowest BCUT2D eigenvalue weighted by molar-refractivity contribution is 0.419. The fourth-order valence-electron chi connectivity index (χ4n) is 1.31. The summed E-state index contributed by atoms with van der Waals surface area (Å²) in [7, 11) is 1.83. The molecule has 15 heavy (non-hydrogen) atoms. The van der Waals surface area contributed by atoms with E-state index >= 15 is 0 Å². The van der Waals surface area contributed by atoms with Crippen LogP contribution in [0, 0.1) is 6.92 Å². The van der Waals surface area contributed by atoms with Crippen LogP contribution in [0.1, 0.15) is 23.8 Å². The predicted molar refractivity (Wildman–Crippen MR) is 55.5 cm³/mol. The summed E-state index contributed by atoms with van der Waals surface area (Å²) in [6, 6.07) is 1.89. The van der Waals surface area contributed by atoms with Crippen LogP contribution < -0.4 is 0 Å². The molecule has 0 saturated carbocycles. The average molecular weight is 227 g/mol. The van der Waals surface area contributed by atoms with Gasteiger partial charge in [0, 0.05) is 7.05 Å². The molecule has 1 unspecified atom stereocenters. The van der Waals surface area contributed by atoms with Gasteiger partial charge in [-0.15, -0.1) is 11.6 Å². The molecule has 0 saturated heterocycles. The fraction of sp³-hybridized carbons (Fsp3) is 0.444. The van der Waals surface area contributed by atoms with Crippen molar-refractivity contribution in [2.24, 2.45) is 7.05 Å². The molecule has 0 aliphatic carbocycles. The largest absolute Gasteiger partial charge is 0.332 e. The summed E-state index contributed by atoms with van der Waals surface area (Å²) in [4.78, 5) is 4.18. The summed E-state index contributed by atoms with van der Waals surface area (Å²) < 4.78 is 6.80. The first kappa shape index (κ1) is 10.2. The van der Waals surface area contributed by atoms with Gasteiger partial charge in [-0.25, -0.2) is 0 Å². The topological polar surface area (TPSA) is 56.7 Å². The van der Waals surface area contributed by atoms with Crippen molar-refractivity contribution in [2.45, 2.75) is 19.2 Å². The molecule has 0 aromatic carbocycles. The van der Waals surface area contributed by atoms with Gasteiger partial charge in [-0.2, -0.15) is 10.1 Å². The van der Waals surface area contributed by atoms with E-state index < -0.39 is 0 Å². The summed E-state index contributed by atoms with van der Waals surface area (Å²) in [5.41, 5.74) is 1.70. The highest BCUT2D eigenvalue weighted by molar-refractivity contribution is 6.20. The summed E-state index contributed by atoms with van der Waals surface area (Å²) in [6.45, 7) is 3.70. The van der Waals surface area contributed by atoms with Crippen LogP contribution >= 0.6 is 11.6 Å². The van der Waals surface area contributed by atoms with E-state index in [1.165, 1.54) is 0 Å². The number of nitrogens with zero attached hydrogens (tertiary/aromatic N) is 4. The molecule has 2 aromatic rings. The van der Waals surface area contributed by atoms with E-state index in [1.807, 2.05) is 20.0 Å². The molecule has 1 atom stereocenters. The van der Waals surface area contributed by atoms with Gasteiger partial charge in [0.1, 0.15) is 5.69 Å². The Balaban J connectivity index is 2.41. The zero-order valence-corrected chi connectivity index (χ0v) is 9.49. The van der Waals surface area contributed by atoms with Crippen LogP contribution in [0.15, 0.2) is 10.6 Å². The van der Waals surface area contributed by atoms with Gasteiger partial charge in [-0.3, -0.25) is 4.68 Å². The predicted octanol–water partition coefficient (Wildman–Crippen LogP) is 2.08. The van der Waals surface area contributed by atoms with E-state index in [0.29, 0.717) is 11.7 Å². The van der Waals surface area contributed by atoms with E-state index in [-0.39, 0.29) is 5.38 Å². The van der Waals surface area contributed by atoms with Crippen LogP contribution in [0.5, 0.6) is 0 Å². The van der Waals surface area contributed by atoms with Gasteiger partial charge in [0.25, 0.3) is 5.89 Å². The van der Waals surface area contributed by atoms with Gasteiger partial charge in [-0.05, 0) is 19.9 Å². The number of hydrogen-bond acceptors (Lipinski definition) is 4. The van der Waals surface area contributed by atoms with Crippen LogP contribution in [0.4, 0.5) is 0 Å². The maximum Gasteiger partial charge on any atom is 0.276 e. The van der Waals surface area contributed by atoms with Crippen molar-refractivity contribution in [1.29, 1.82) is 0 Å². The number of halogens is 1. The molecule has 0 spiro atoms. The highest BCUT2D eigenvalue weighted by Crippen LogP contribution is 2.21. The monoisotopic (exact) mass is 226 g/mol. The number of aryl methyl sites for hydroxylation is 2. The van der Waals surface area contributed by atoms with Gasteiger partial charge >= 0.3 is 0 Å². The van der Waals surface area contributed by atoms with E-state index in [2.05, 4.69) is 15.2 Å². The van der Waals surface area contributed by atoms with E-state index in [1.54, 1.807) is 11.6 Å². The van der Waals surface area contributed by atoms with Crippen molar-refractivity contribution in [2.75, 3.05) is 0 Å². The molecule has 2 rings (SSSR count). The van der Waals surface area contributed by atoms with Crippen molar-refractivity contribution >= 4 is 11.6 Å². The van der Waals surface area contributed by atoms with Crippen LogP contribution in [0.3, 0.4) is 0 Å². The third-order valence-corrected chi connectivity index (χ3v) is 2.21. The van der Waals surface area contributed by atoms with Gasteiger partial charge in [-0.1, -0.05) is 5.16 Å². The zero-order chi connectivity index (χ0) is 11.0. The second-order valence-corrected chi connectivity index (χ2v) is 4.02. The van der Waals surface area contributed by atoms with Crippen LogP contribution in [0.2, 0.25) is 0 Å². The van der Waals surface area contributed by atoms with Gasteiger partial charge in [0.05, 0.1) is 11.1 Å². The third-order valence-electron chi connectivity index (χ3n) is 2.02. The van der Waals surface area contributed by atoms with E-state index in [4.69, 9.17) is 16.1 Å². The molecule has 0 radical (unpaired) electrons. The van der Waals surface area contributed by atoms with Crippen LogP contribution in [-0.2, 0) is 7.05 Å². The molecule has 0 N–H and O–H groups in total. The molecule has 0 amide bonds. The van der Waals surface area contributed by atoms with Crippen molar-refractivity contribution in [3.05, 3.63) is 17.6 Å². The Morgan fingerprint density at radius 2 is 2.27 bits per heavy atom. The summed E-state index contributed by atoms with van der Waals surface area (Å²) >= 11 is 5.84. The maximum atomic E-state index is 5.84. The van der Waals surface area contributed by atoms with Gasteiger partial charge in [0.2, 0.25) is 0 Å². The summed E-state index contributed by atoms with van der Waals surface area (Å²) in [6.07, 6.45) is 0. The first-order chi connectivity index (χ1) is 7.08. The quantitative estimate of drug-likeness (QED) is 0.736. The highest BCUT2D eigenvalue weighted by atomic mass is 35.5. The Bertz CT molecular complexity index is 474. The second kappa shape index (κ2) is 3.66. The first-order valence-corrected chi connectivity index (χ1v) is 5.00. The lowest BCUT2D eigenvalue weighted by atomic mass is 10.3. The Morgan fingerprint density at radius 3 is 2.73 bits per heavy atom. The summed E-state index contributed by atoms with van der Waals surface area (Å²) in [5, 5.41) is 7.73. The Kier molecular flexibility index (Phi) is 2.48.